The number of rotatable bonds is 8. The number of benzene rings is 2. The van der Waals surface area contributed by atoms with Crippen LogP contribution in [-0.4, -0.2) is 28.2 Å². The highest BCUT2D eigenvalue weighted by Crippen LogP contribution is 2.20. The molecule has 0 saturated carbocycles. The van der Waals surface area contributed by atoms with Crippen molar-refractivity contribution in [1.29, 1.82) is 0 Å². The number of carbonyl (C=O) groups excluding carboxylic acids is 1. The normalized spacial score (nSPS) is 10.6. The van der Waals surface area contributed by atoms with Gasteiger partial charge in [-0.3, -0.25) is 4.79 Å². The van der Waals surface area contributed by atoms with Crippen LogP contribution in [0.2, 0.25) is 0 Å². The van der Waals surface area contributed by atoms with Crippen molar-refractivity contribution in [3.8, 4) is 11.3 Å². The van der Waals surface area contributed by atoms with Gasteiger partial charge in [0.1, 0.15) is 0 Å². The molecule has 0 aliphatic heterocycles. The fraction of sp³-hybridized carbons (Fsp3) is 0.200. The van der Waals surface area contributed by atoms with Gasteiger partial charge < -0.3 is 10.3 Å². The van der Waals surface area contributed by atoms with E-state index in [2.05, 4.69) is 27.4 Å². The van der Waals surface area contributed by atoms with E-state index in [-0.39, 0.29) is 5.91 Å². The molecule has 0 unspecified atom stereocenters. The highest BCUT2D eigenvalue weighted by Gasteiger charge is 2.06. The summed E-state index contributed by atoms with van der Waals surface area (Å²) in [5.41, 5.74) is 3.36. The smallest absolute Gasteiger partial charge is 0.230 e. The van der Waals surface area contributed by atoms with Crippen LogP contribution in [0.1, 0.15) is 12.0 Å². The van der Waals surface area contributed by atoms with Gasteiger partial charge in [-0.15, -0.1) is 0 Å². The predicted octanol–water partition coefficient (Wildman–Crippen LogP) is 3.92. The fourth-order valence-corrected chi connectivity index (χ4v) is 3.17. The molecule has 1 heterocycles. The maximum Gasteiger partial charge on any atom is 0.230 e. The topological polar surface area (TPSA) is 57.8 Å². The van der Waals surface area contributed by atoms with Crippen molar-refractivity contribution < 1.29 is 4.79 Å². The van der Waals surface area contributed by atoms with Crippen LogP contribution in [0, 0.1) is 0 Å². The van der Waals surface area contributed by atoms with E-state index in [1.54, 1.807) is 6.20 Å². The summed E-state index contributed by atoms with van der Waals surface area (Å²) in [4.78, 5) is 19.5. The third-order valence-corrected chi connectivity index (χ3v) is 4.67. The van der Waals surface area contributed by atoms with Crippen LogP contribution >= 0.6 is 11.8 Å². The Hall–Kier alpha value is -2.53. The van der Waals surface area contributed by atoms with E-state index < -0.39 is 0 Å². The Balaban J connectivity index is 1.37. The number of aromatic nitrogens is 2. The Morgan fingerprint density at radius 3 is 2.52 bits per heavy atom. The summed E-state index contributed by atoms with van der Waals surface area (Å²) in [6.45, 7) is 0.696. The first-order valence-electron chi connectivity index (χ1n) is 8.35. The summed E-state index contributed by atoms with van der Waals surface area (Å²) < 4.78 is 0. The standard InChI is InChI=1S/C20H21N3OS/c24-19(21-13-7-10-16-8-3-1-4-9-16)15-25-20-22-14-18(23-20)17-11-5-2-6-12-17/h1-6,8-9,11-12,14H,7,10,13,15H2,(H,21,24)(H,22,23). The van der Waals surface area contributed by atoms with Crippen molar-refractivity contribution in [2.45, 2.75) is 18.0 Å². The van der Waals surface area contributed by atoms with E-state index in [0.717, 1.165) is 29.3 Å². The molecule has 2 aromatic carbocycles. The third kappa shape index (κ3) is 5.50. The van der Waals surface area contributed by atoms with Crippen molar-refractivity contribution >= 4 is 17.7 Å². The molecule has 25 heavy (non-hydrogen) atoms. The van der Waals surface area contributed by atoms with Gasteiger partial charge in [0.15, 0.2) is 5.16 Å². The zero-order chi connectivity index (χ0) is 17.3. The van der Waals surface area contributed by atoms with Crippen LogP contribution in [0.15, 0.2) is 72.0 Å². The number of hydrogen-bond acceptors (Lipinski definition) is 3. The van der Waals surface area contributed by atoms with E-state index in [9.17, 15) is 4.79 Å². The second-order valence-electron chi connectivity index (χ2n) is 5.70. The quantitative estimate of drug-likeness (QED) is 0.478. The first kappa shape index (κ1) is 17.3. The number of nitrogens with one attached hydrogen (secondary N) is 2. The third-order valence-electron chi connectivity index (χ3n) is 3.78. The SMILES string of the molecule is O=C(CSc1ncc(-c2ccccc2)[nH]1)NCCCc1ccccc1. The second kappa shape index (κ2) is 9.08. The summed E-state index contributed by atoms with van der Waals surface area (Å²) in [5.74, 6) is 0.406. The molecule has 0 aliphatic rings. The number of amides is 1. The summed E-state index contributed by atoms with van der Waals surface area (Å²) >= 11 is 1.42. The van der Waals surface area contributed by atoms with Crippen molar-refractivity contribution in [3.63, 3.8) is 0 Å². The summed E-state index contributed by atoms with van der Waals surface area (Å²) in [6.07, 6.45) is 3.72. The lowest BCUT2D eigenvalue weighted by molar-refractivity contribution is -0.118. The molecule has 1 aromatic heterocycles. The number of aryl methyl sites for hydroxylation is 1. The molecule has 1 amide bonds. The maximum atomic E-state index is 11.9. The van der Waals surface area contributed by atoms with Gasteiger partial charge in [0.25, 0.3) is 0 Å². The molecule has 0 bridgehead atoms. The van der Waals surface area contributed by atoms with Gasteiger partial charge in [-0.25, -0.2) is 4.98 Å². The molecule has 0 aliphatic carbocycles. The van der Waals surface area contributed by atoms with Gasteiger partial charge in [0.05, 0.1) is 17.6 Å². The highest BCUT2D eigenvalue weighted by molar-refractivity contribution is 7.99. The minimum absolute atomic E-state index is 0.0377. The van der Waals surface area contributed by atoms with Crippen LogP contribution < -0.4 is 5.32 Å². The molecule has 128 valence electrons. The number of imidazole rings is 1. The highest BCUT2D eigenvalue weighted by atomic mass is 32.2. The van der Waals surface area contributed by atoms with E-state index in [1.165, 1.54) is 17.3 Å². The van der Waals surface area contributed by atoms with E-state index in [0.29, 0.717) is 12.3 Å². The Labute approximate surface area is 152 Å². The largest absolute Gasteiger partial charge is 0.355 e. The number of hydrogen-bond donors (Lipinski definition) is 2. The zero-order valence-electron chi connectivity index (χ0n) is 13.9. The molecule has 3 rings (SSSR count). The van der Waals surface area contributed by atoms with Gasteiger partial charge in [0.2, 0.25) is 5.91 Å². The minimum atomic E-state index is 0.0377. The minimum Gasteiger partial charge on any atom is -0.355 e. The first-order valence-corrected chi connectivity index (χ1v) is 9.34. The van der Waals surface area contributed by atoms with Crippen molar-refractivity contribution in [3.05, 3.63) is 72.4 Å². The molecule has 5 heteroatoms. The first-order chi connectivity index (χ1) is 12.3. The average Bonchev–Trinajstić information content (AvgIpc) is 3.14. The van der Waals surface area contributed by atoms with Crippen molar-refractivity contribution in [1.82, 2.24) is 15.3 Å². The van der Waals surface area contributed by atoms with Crippen LogP contribution in [0.3, 0.4) is 0 Å². The molecule has 3 aromatic rings. The number of carbonyl (C=O) groups is 1. The Bertz CT molecular complexity index is 787. The van der Waals surface area contributed by atoms with Crippen LogP contribution in [0.4, 0.5) is 0 Å². The lowest BCUT2D eigenvalue weighted by Gasteiger charge is -2.04. The lowest BCUT2D eigenvalue weighted by atomic mass is 10.1. The van der Waals surface area contributed by atoms with Gasteiger partial charge >= 0.3 is 0 Å². The van der Waals surface area contributed by atoms with Gasteiger partial charge in [0, 0.05) is 6.54 Å². The van der Waals surface area contributed by atoms with Crippen molar-refractivity contribution in [2.24, 2.45) is 0 Å². The summed E-state index contributed by atoms with van der Waals surface area (Å²) in [5, 5.41) is 3.72. The van der Waals surface area contributed by atoms with E-state index in [4.69, 9.17) is 0 Å². The molecular weight excluding hydrogens is 330 g/mol. The molecule has 4 nitrogen and oxygen atoms in total. The summed E-state index contributed by atoms with van der Waals surface area (Å²) in [7, 11) is 0. The Morgan fingerprint density at radius 2 is 1.76 bits per heavy atom. The van der Waals surface area contributed by atoms with Gasteiger partial charge in [-0.05, 0) is 24.0 Å². The number of H-pyrrole nitrogens is 1. The lowest BCUT2D eigenvalue weighted by Crippen LogP contribution is -2.26. The molecular formula is C20H21N3OS. The zero-order valence-corrected chi connectivity index (χ0v) is 14.8. The summed E-state index contributed by atoms with van der Waals surface area (Å²) in [6, 6.07) is 20.3. The molecule has 0 radical (unpaired) electrons. The van der Waals surface area contributed by atoms with Crippen LogP contribution in [0.25, 0.3) is 11.3 Å². The fourth-order valence-electron chi connectivity index (χ4n) is 2.49. The van der Waals surface area contributed by atoms with Crippen LogP contribution in [0.5, 0.6) is 0 Å². The molecule has 0 saturated heterocycles. The Morgan fingerprint density at radius 1 is 1.04 bits per heavy atom. The van der Waals surface area contributed by atoms with Crippen LogP contribution in [-0.2, 0) is 11.2 Å². The second-order valence-corrected chi connectivity index (χ2v) is 6.66. The van der Waals surface area contributed by atoms with E-state index >= 15 is 0 Å². The average molecular weight is 351 g/mol. The van der Waals surface area contributed by atoms with E-state index in [1.807, 2.05) is 48.5 Å². The molecule has 0 spiro atoms. The van der Waals surface area contributed by atoms with Gasteiger partial charge in [-0.1, -0.05) is 72.4 Å². The number of aromatic amines is 1. The van der Waals surface area contributed by atoms with Gasteiger partial charge in [-0.2, -0.15) is 0 Å². The monoisotopic (exact) mass is 351 g/mol. The Kier molecular flexibility index (Phi) is 6.29. The molecule has 0 fully saturated rings. The number of nitrogens with zero attached hydrogens (tertiary/aromatic N) is 1. The maximum absolute atomic E-state index is 11.9. The molecule has 2 N–H and O–H groups in total. The molecule has 0 atom stereocenters. The number of thioether (sulfide) groups is 1. The van der Waals surface area contributed by atoms with Crippen molar-refractivity contribution in [2.75, 3.05) is 12.3 Å². The predicted molar refractivity (Wildman–Crippen MR) is 103 cm³/mol.